The second-order valence-electron chi connectivity index (χ2n) is 5.38. The summed E-state index contributed by atoms with van der Waals surface area (Å²) in [5.41, 5.74) is 3.79. The largest absolute Gasteiger partial charge is 0.454 e. The standard InChI is InChI=1S/C18H16N2O3S/c21-9-13-3-1-2-4-15(13)19-8-14-10-24-18(20-14)12-5-6-16-17(7-12)23-11-22-16/h1-7,10,19,21H,8-9,11H2. The fourth-order valence-electron chi connectivity index (χ4n) is 2.57. The molecule has 0 amide bonds. The first-order valence-electron chi connectivity index (χ1n) is 7.60. The summed E-state index contributed by atoms with van der Waals surface area (Å²) in [6, 6.07) is 13.6. The van der Waals surface area contributed by atoms with E-state index >= 15 is 0 Å². The van der Waals surface area contributed by atoms with Gasteiger partial charge in [-0.25, -0.2) is 4.98 Å². The van der Waals surface area contributed by atoms with Crippen LogP contribution in [0.2, 0.25) is 0 Å². The molecule has 122 valence electrons. The molecule has 3 aromatic rings. The number of benzene rings is 2. The number of hydrogen-bond acceptors (Lipinski definition) is 6. The minimum Gasteiger partial charge on any atom is -0.454 e. The van der Waals surface area contributed by atoms with E-state index in [-0.39, 0.29) is 13.4 Å². The summed E-state index contributed by atoms with van der Waals surface area (Å²) >= 11 is 1.60. The van der Waals surface area contributed by atoms with Crippen LogP contribution in [-0.2, 0) is 13.2 Å². The van der Waals surface area contributed by atoms with Crippen molar-refractivity contribution in [2.45, 2.75) is 13.2 Å². The summed E-state index contributed by atoms with van der Waals surface area (Å²) in [7, 11) is 0. The van der Waals surface area contributed by atoms with Gasteiger partial charge < -0.3 is 19.9 Å². The van der Waals surface area contributed by atoms with E-state index in [1.807, 2.05) is 47.8 Å². The van der Waals surface area contributed by atoms with Crippen molar-refractivity contribution in [3.63, 3.8) is 0 Å². The molecule has 6 heteroatoms. The number of nitrogens with zero attached hydrogens (tertiary/aromatic N) is 1. The van der Waals surface area contributed by atoms with E-state index < -0.39 is 0 Å². The molecule has 1 aromatic heterocycles. The van der Waals surface area contributed by atoms with Crippen LogP contribution in [0.15, 0.2) is 47.8 Å². The smallest absolute Gasteiger partial charge is 0.231 e. The van der Waals surface area contributed by atoms with Gasteiger partial charge in [0.2, 0.25) is 6.79 Å². The predicted molar refractivity (Wildman–Crippen MR) is 93.4 cm³/mol. The van der Waals surface area contributed by atoms with Crippen LogP contribution in [-0.4, -0.2) is 16.9 Å². The van der Waals surface area contributed by atoms with Crippen molar-refractivity contribution in [3.8, 4) is 22.1 Å². The van der Waals surface area contributed by atoms with Crippen LogP contribution in [0.5, 0.6) is 11.5 Å². The van der Waals surface area contributed by atoms with Crippen LogP contribution in [0.1, 0.15) is 11.3 Å². The minimum atomic E-state index is 0.0166. The van der Waals surface area contributed by atoms with Gasteiger partial charge >= 0.3 is 0 Å². The third-order valence-electron chi connectivity index (χ3n) is 3.82. The zero-order chi connectivity index (χ0) is 16.4. The Labute approximate surface area is 143 Å². The highest BCUT2D eigenvalue weighted by Crippen LogP contribution is 2.36. The van der Waals surface area contributed by atoms with E-state index in [0.717, 1.165) is 39.0 Å². The van der Waals surface area contributed by atoms with Gasteiger partial charge in [-0.1, -0.05) is 18.2 Å². The lowest BCUT2D eigenvalue weighted by Gasteiger charge is -2.08. The molecule has 0 fully saturated rings. The molecular formula is C18H16N2O3S. The van der Waals surface area contributed by atoms with Gasteiger partial charge in [0.15, 0.2) is 11.5 Å². The lowest BCUT2D eigenvalue weighted by atomic mass is 10.2. The van der Waals surface area contributed by atoms with Crippen LogP contribution in [0.4, 0.5) is 5.69 Å². The molecule has 2 aromatic carbocycles. The first-order chi connectivity index (χ1) is 11.8. The summed E-state index contributed by atoms with van der Waals surface area (Å²) in [5.74, 6) is 1.54. The molecule has 4 rings (SSSR count). The lowest BCUT2D eigenvalue weighted by molar-refractivity contribution is 0.174. The van der Waals surface area contributed by atoms with E-state index in [4.69, 9.17) is 9.47 Å². The average molecular weight is 340 g/mol. The molecule has 2 heterocycles. The Bertz CT molecular complexity index is 863. The van der Waals surface area contributed by atoms with Crippen molar-refractivity contribution in [3.05, 3.63) is 59.1 Å². The normalized spacial score (nSPS) is 12.4. The number of thiazole rings is 1. The number of hydrogen-bond donors (Lipinski definition) is 2. The number of ether oxygens (including phenoxy) is 2. The number of rotatable bonds is 5. The highest BCUT2D eigenvalue weighted by Gasteiger charge is 2.15. The van der Waals surface area contributed by atoms with Gasteiger partial charge in [0.1, 0.15) is 5.01 Å². The lowest BCUT2D eigenvalue weighted by Crippen LogP contribution is -2.02. The summed E-state index contributed by atoms with van der Waals surface area (Å²) in [6.45, 7) is 0.900. The van der Waals surface area contributed by atoms with Crippen LogP contribution < -0.4 is 14.8 Å². The maximum atomic E-state index is 9.37. The molecule has 0 spiro atoms. The molecule has 1 aliphatic rings. The Morgan fingerprint density at radius 1 is 1.12 bits per heavy atom. The van der Waals surface area contributed by atoms with Gasteiger partial charge in [0.25, 0.3) is 0 Å². The number of aromatic nitrogens is 1. The Kier molecular flexibility index (Phi) is 4.06. The fourth-order valence-corrected chi connectivity index (χ4v) is 3.38. The number of fused-ring (bicyclic) bond motifs is 1. The third-order valence-corrected chi connectivity index (χ3v) is 4.76. The molecule has 2 N–H and O–H groups in total. The van der Waals surface area contributed by atoms with Gasteiger partial charge in [-0.05, 0) is 24.3 Å². The first kappa shape index (κ1) is 15.0. The Balaban J connectivity index is 1.49. The van der Waals surface area contributed by atoms with E-state index in [1.54, 1.807) is 11.3 Å². The van der Waals surface area contributed by atoms with Crippen molar-refractivity contribution < 1.29 is 14.6 Å². The van der Waals surface area contributed by atoms with Gasteiger partial charge in [0.05, 0.1) is 18.8 Å². The van der Waals surface area contributed by atoms with E-state index in [1.165, 1.54) is 0 Å². The van der Waals surface area contributed by atoms with E-state index in [2.05, 4.69) is 10.3 Å². The van der Waals surface area contributed by atoms with Crippen LogP contribution in [0, 0.1) is 0 Å². The molecule has 0 atom stereocenters. The summed E-state index contributed by atoms with van der Waals surface area (Å²) in [5, 5.41) is 15.7. The molecule has 0 bridgehead atoms. The molecule has 24 heavy (non-hydrogen) atoms. The molecule has 0 radical (unpaired) electrons. The fraction of sp³-hybridized carbons (Fsp3) is 0.167. The molecule has 0 saturated heterocycles. The molecule has 5 nitrogen and oxygen atoms in total. The molecule has 0 saturated carbocycles. The number of aliphatic hydroxyl groups excluding tert-OH is 1. The summed E-state index contributed by atoms with van der Waals surface area (Å²) in [4.78, 5) is 4.67. The molecular weight excluding hydrogens is 324 g/mol. The highest BCUT2D eigenvalue weighted by atomic mass is 32.1. The van der Waals surface area contributed by atoms with Crippen LogP contribution >= 0.6 is 11.3 Å². The quantitative estimate of drug-likeness (QED) is 0.742. The van der Waals surface area contributed by atoms with Crippen molar-refractivity contribution in [2.24, 2.45) is 0 Å². The van der Waals surface area contributed by atoms with Crippen molar-refractivity contribution in [1.29, 1.82) is 0 Å². The average Bonchev–Trinajstić information content (AvgIpc) is 3.28. The number of nitrogens with one attached hydrogen (secondary N) is 1. The number of anilines is 1. The highest BCUT2D eigenvalue weighted by molar-refractivity contribution is 7.13. The van der Waals surface area contributed by atoms with Crippen molar-refractivity contribution in [1.82, 2.24) is 4.98 Å². The zero-order valence-corrected chi connectivity index (χ0v) is 13.7. The van der Waals surface area contributed by atoms with E-state index in [0.29, 0.717) is 6.54 Å². The van der Waals surface area contributed by atoms with Gasteiger partial charge in [-0.3, -0.25) is 0 Å². The van der Waals surface area contributed by atoms with Crippen molar-refractivity contribution in [2.75, 3.05) is 12.1 Å². The molecule has 0 aliphatic carbocycles. The maximum Gasteiger partial charge on any atom is 0.231 e. The Morgan fingerprint density at radius 3 is 2.92 bits per heavy atom. The van der Waals surface area contributed by atoms with Gasteiger partial charge in [0, 0.05) is 22.2 Å². The summed E-state index contributed by atoms with van der Waals surface area (Å²) in [6.07, 6.45) is 0. The second kappa shape index (κ2) is 6.51. The van der Waals surface area contributed by atoms with Crippen LogP contribution in [0.3, 0.4) is 0 Å². The van der Waals surface area contributed by atoms with Crippen molar-refractivity contribution >= 4 is 17.0 Å². The zero-order valence-electron chi connectivity index (χ0n) is 12.9. The molecule has 0 unspecified atom stereocenters. The van der Waals surface area contributed by atoms with Crippen LogP contribution in [0.25, 0.3) is 10.6 Å². The topological polar surface area (TPSA) is 63.6 Å². The molecule has 1 aliphatic heterocycles. The minimum absolute atomic E-state index is 0.0166. The van der Waals surface area contributed by atoms with Gasteiger partial charge in [-0.2, -0.15) is 0 Å². The predicted octanol–water partition coefficient (Wildman–Crippen LogP) is 3.64. The monoisotopic (exact) mass is 340 g/mol. The Hall–Kier alpha value is -2.57. The maximum absolute atomic E-state index is 9.37. The first-order valence-corrected chi connectivity index (χ1v) is 8.48. The number of aliphatic hydroxyl groups is 1. The Morgan fingerprint density at radius 2 is 2.00 bits per heavy atom. The SMILES string of the molecule is OCc1ccccc1NCc1csc(-c2ccc3c(c2)OCO3)n1. The third kappa shape index (κ3) is 2.93. The summed E-state index contributed by atoms with van der Waals surface area (Å²) < 4.78 is 10.8. The van der Waals surface area contributed by atoms with Gasteiger partial charge in [-0.15, -0.1) is 11.3 Å². The number of para-hydroxylation sites is 1. The second-order valence-corrected chi connectivity index (χ2v) is 6.24. The van der Waals surface area contributed by atoms with E-state index in [9.17, 15) is 5.11 Å².